The maximum Gasteiger partial charge on any atom is 0.175 e. The Morgan fingerprint density at radius 3 is 2.46 bits per heavy atom. The van der Waals surface area contributed by atoms with Crippen molar-refractivity contribution < 1.29 is 9.47 Å². The molecule has 74 valence electrons. The monoisotopic (exact) mass is 202 g/mol. The summed E-state index contributed by atoms with van der Waals surface area (Å²) in [5, 5.41) is 0.275. The predicted molar refractivity (Wildman–Crippen MR) is 49.7 cm³/mol. The molecule has 3 heteroatoms. The summed E-state index contributed by atoms with van der Waals surface area (Å²) in [6.45, 7) is 1.52. The molecular formula is C10H15ClO2. The zero-order valence-electron chi connectivity index (χ0n) is 7.67. The number of rotatable bonds is 0. The second-order valence-corrected chi connectivity index (χ2v) is 4.95. The molecule has 2 saturated carbocycles. The largest absolute Gasteiger partial charge is 0.347 e. The molecule has 0 amide bonds. The smallest absolute Gasteiger partial charge is 0.175 e. The molecule has 0 N–H and O–H groups in total. The summed E-state index contributed by atoms with van der Waals surface area (Å²) in [6, 6.07) is 0. The molecule has 3 rings (SSSR count). The Morgan fingerprint density at radius 2 is 1.69 bits per heavy atom. The summed E-state index contributed by atoms with van der Waals surface area (Å²) in [7, 11) is 0. The Hall–Kier alpha value is 0.210. The molecule has 0 aromatic heterocycles. The Balaban J connectivity index is 1.94. The lowest BCUT2D eigenvalue weighted by Gasteiger charge is -2.41. The van der Waals surface area contributed by atoms with Crippen molar-refractivity contribution in [3.63, 3.8) is 0 Å². The highest BCUT2D eigenvalue weighted by Gasteiger charge is 2.59. The second-order valence-electron chi connectivity index (χ2n) is 4.39. The van der Waals surface area contributed by atoms with E-state index in [2.05, 4.69) is 0 Å². The third kappa shape index (κ3) is 1.03. The molecule has 2 nitrogen and oxygen atoms in total. The molecule has 1 spiro atoms. The van der Waals surface area contributed by atoms with Crippen molar-refractivity contribution in [2.24, 2.45) is 11.8 Å². The highest BCUT2D eigenvalue weighted by atomic mass is 35.5. The van der Waals surface area contributed by atoms with E-state index >= 15 is 0 Å². The van der Waals surface area contributed by atoms with Gasteiger partial charge in [0.2, 0.25) is 0 Å². The normalized spacial score (nSPS) is 47.3. The molecule has 1 saturated heterocycles. The second kappa shape index (κ2) is 2.85. The lowest BCUT2D eigenvalue weighted by atomic mass is 9.82. The van der Waals surface area contributed by atoms with Gasteiger partial charge in [-0.2, -0.15) is 0 Å². The van der Waals surface area contributed by atoms with E-state index < -0.39 is 0 Å². The first-order valence-corrected chi connectivity index (χ1v) is 5.68. The molecule has 3 fully saturated rings. The highest BCUT2D eigenvalue weighted by molar-refractivity contribution is 6.20. The number of halogens is 1. The molecule has 1 aliphatic heterocycles. The average Bonchev–Trinajstić information content (AvgIpc) is 2.67. The quantitative estimate of drug-likeness (QED) is 0.561. The third-order valence-corrected chi connectivity index (χ3v) is 4.40. The van der Waals surface area contributed by atoms with Gasteiger partial charge in [-0.25, -0.2) is 0 Å². The van der Waals surface area contributed by atoms with Crippen molar-refractivity contribution in [1.29, 1.82) is 0 Å². The fourth-order valence-corrected chi connectivity index (χ4v) is 3.75. The van der Waals surface area contributed by atoms with E-state index in [1.807, 2.05) is 0 Å². The predicted octanol–water partition coefficient (Wildman–Crippen LogP) is 2.16. The SMILES string of the molecule is ClC1CCC2CCC1C21OCCO1. The fraction of sp³-hybridized carbons (Fsp3) is 1.00. The molecule has 3 unspecified atom stereocenters. The Bertz CT molecular complexity index is 213. The molecule has 0 aromatic rings. The van der Waals surface area contributed by atoms with Gasteiger partial charge in [-0.15, -0.1) is 11.6 Å². The van der Waals surface area contributed by atoms with E-state index in [0.717, 1.165) is 19.6 Å². The van der Waals surface area contributed by atoms with Crippen LogP contribution in [-0.4, -0.2) is 24.4 Å². The summed E-state index contributed by atoms with van der Waals surface area (Å²) in [5.41, 5.74) is 0. The first-order chi connectivity index (χ1) is 6.33. The zero-order chi connectivity index (χ0) is 8.89. The number of hydrogen-bond acceptors (Lipinski definition) is 2. The fourth-order valence-electron chi connectivity index (χ4n) is 3.32. The van der Waals surface area contributed by atoms with Gasteiger partial charge in [0.15, 0.2) is 5.79 Å². The topological polar surface area (TPSA) is 18.5 Å². The Morgan fingerprint density at radius 1 is 1.00 bits per heavy atom. The summed E-state index contributed by atoms with van der Waals surface area (Å²) in [5.74, 6) is 0.815. The average molecular weight is 203 g/mol. The summed E-state index contributed by atoms with van der Waals surface area (Å²) >= 11 is 6.32. The summed E-state index contributed by atoms with van der Waals surface area (Å²) in [6.07, 6.45) is 4.77. The van der Waals surface area contributed by atoms with Crippen LogP contribution in [0.1, 0.15) is 25.7 Å². The van der Waals surface area contributed by atoms with Crippen LogP contribution in [0.25, 0.3) is 0 Å². The van der Waals surface area contributed by atoms with Gasteiger partial charge in [-0.05, 0) is 25.7 Å². The Labute approximate surface area is 83.5 Å². The third-order valence-electron chi connectivity index (χ3n) is 3.88. The highest BCUT2D eigenvalue weighted by Crippen LogP contribution is 2.55. The van der Waals surface area contributed by atoms with Crippen molar-refractivity contribution in [2.45, 2.75) is 36.8 Å². The number of hydrogen-bond donors (Lipinski definition) is 0. The minimum atomic E-state index is -0.259. The van der Waals surface area contributed by atoms with Crippen LogP contribution in [-0.2, 0) is 9.47 Å². The van der Waals surface area contributed by atoms with Gasteiger partial charge in [-0.3, -0.25) is 0 Å². The Kier molecular flexibility index (Phi) is 1.87. The van der Waals surface area contributed by atoms with E-state index in [4.69, 9.17) is 21.1 Å². The van der Waals surface area contributed by atoms with Crippen LogP contribution >= 0.6 is 11.6 Å². The van der Waals surface area contributed by atoms with Crippen LogP contribution in [0.4, 0.5) is 0 Å². The molecule has 2 bridgehead atoms. The lowest BCUT2D eigenvalue weighted by molar-refractivity contribution is -0.220. The van der Waals surface area contributed by atoms with Gasteiger partial charge >= 0.3 is 0 Å². The van der Waals surface area contributed by atoms with Crippen molar-refractivity contribution in [3.8, 4) is 0 Å². The molecule has 0 radical (unpaired) electrons. The summed E-state index contributed by atoms with van der Waals surface area (Å²) in [4.78, 5) is 0. The molecule has 13 heavy (non-hydrogen) atoms. The molecule has 3 aliphatic rings. The zero-order valence-corrected chi connectivity index (χ0v) is 8.43. The van der Waals surface area contributed by atoms with Gasteiger partial charge in [0.05, 0.1) is 13.2 Å². The molecular weight excluding hydrogens is 188 g/mol. The minimum absolute atomic E-state index is 0.259. The van der Waals surface area contributed by atoms with Crippen molar-refractivity contribution in [2.75, 3.05) is 13.2 Å². The lowest BCUT2D eigenvalue weighted by Crippen LogP contribution is -2.47. The van der Waals surface area contributed by atoms with Gasteiger partial charge in [-0.1, -0.05) is 0 Å². The standard InChI is InChI=1S/C10H15ClO2/c11-9-4-2-7-1-3-8(9)10(7)12-5-6-13-10/h7-9H,1-6H2. The van der Waals surface area contributed by atoms with Crippen molar-refractivity contribution >= 4 is 11.6 Å². The van der Waals surface area contributed by atoms with Gasteiger partial charge in [0.1, 0.15) is 0 Å². The van der Waals surface area contributed by atoms with Crippen molar-refractivity contribution in [3.05, 3.63) is 0 Å². The van der Waals surface area contributed by atoms with Crippen LogP contribution < -0.4 is 0 Å². The number of alkyl halides is 1. The van der Waals surface area contributed by atoms with Gasteiger partial charge in [0, 0.05) is 17.2 Å². The van der Waals surface area contributed by atoms with Gasteiger partial charge < -0.3 is 9.47 Å². The van der Waals surface area contributed by atoms with E-state index in [1.54, 1.807) is 0 Å². The summed E-state index contributed by atoms with van der Waals surface area (Å²) < 4.78 is 11.7. The minimum Gasteiger partial charge on any atom is -0.347 e. The molecule has 0 aromatic carbocycles. The molecule has 2 aliphatic carbocycles. The number of ether oxygens (including phenoxy) is 2. The first kappa shape index (κ1) is 8.51. The van der Waals surface area contributed by atoms with E-state index in [1.165, 1.54) is 19.3 Å². The maximum absolute atomic E-state index is 6.32. The van der Waals surface area contributed by atoms with Crippen LogP contribution in [0.15, 0.2) is 0 Å². The van der Waals surface area contributed by atoms with Crippen molar-refractivity contribution in [1.82, 2.24) is 0 Å². The van der Waals surface area contributed by atoms with Crippen LogP contribution in [0.3, 0.4) is 0 Å². The van der Waals surface area contributed by atoms with Gasteiger partial charge in [0.25, 0.3) is 0 Å². The van der Waals surface area contributed by atoms with Crippen LogP contribution in [0.2, 0.25) is 0 Å². The van der Waals surface area contributed by atoms with E-state index in [9.17, 15) is 0 Å². The molecule has 3 atom stereocenters. The maximum atomic E-state index is 6.32. The van der Waals surface area contributed by atoms with E-state index in [-0.39, 0.29) is 11.2 Å². The first-order valence-electron chi connectivity index (χ1n) is 5.25. The van der Waals surface area contributed by atoms with Crippen LogP contribution in [0, 0.1) is 11.8 Å². The van der Waals surface area contributed by atoms with E-state index in [0.29, 0.717) is 11.8 Å². The van der Waals surface area contributed by atoms with Crippen LogP contribution in [0.5, 0.6) is 0 Å². The molecule has 1 heterocycles.